The van der Waals surface area contributed by atoms with Crippen molar-refractivity contribution in [1.82, 2.24) is 4.90 Å². The number of methoxy groups -OCH3 is 1. The SMILES string of the molecule is COc1cc(C2C(=C(O)c3ccc4c(c3)CC(C)O4)C(=O)C(=O)N2CCc2ccccc2)cc(Br)c1O. The minimum atomic E-state index is -0.877. The number of carbonyl (C=O) groups is 2. The standard InChI is InChI=1S/C29H26BrNO6/c1-16-12-19-13-18(8-9-22(19)37-16)26(32)24-25(20-14-21(30)27(33)23(15-20)36-2)31(29(35)28(24)34)11-10-17-6-4-3-5-7-17/h3-9,13-16,25,32-33H,10-12H2,1-2H3. The molecule has 2 unspecified atom stereocenters. The number of ketones is 1. The number of Topliss-reactive ketones (excluding diaryl/α,β-unsaturated/α-hetero) is 1. The topological polar surface area (TPSA) is 96.3 Å². The first-order valence-electron chi connectivity index (χ1n) is 12.0. The summed E-state index contributed by atoms with van der Waals surface area (Å²) in [4.78, 5) is 28.2. The number of ether oxygens (including phenoxy) is 2. The summed E-state index contributed by atoms with van der Waals surface area (Å²) in [6, 6.07) is 17.3. The second kappa shape index (κ2) is 9.94. The molecule has 2 aliphatic rings. The molecule has 2 aliphatic heterocycles. The lowest BCUT2D eigenvalue weighted by Gasteiger charge is -2.26. The lowest BCUT2D eigenvalue weighted by molar-refractivity contribution is -0.139. The molecule has 1 amide bonds. The molecular weight excluding hydrogens is 538 g/mol. The predicted octanol–water partition coefficient (Wildman–Crippen LogP) is 5.15. The molecule has 0 spiro atoms. The number of phenolic OH excluding ortho intramolecular Hbond substituents is 1. The van der Waals surface area contributed by atoms with Crippen molar-refractivity contribution in [2.45, 2.75) is 31.9 Å². The van der Waals surface area contributed by atoms with Gasteiger partial charge in [0, 0.05) is 18.5 Å². The third-order valence-corrected chi connectivity index (χ3v) is 7.38. The van der Waals surface area contributed by atoms with E-state index in [4.69, 9.17) is 9.47 Å². The van der Waals surface area contributed by atoms with Crippen LogP contribution in [0.3, 0.4) is 0 Å². The minimum Gasteiger partial charge on any atom is -0.507 e. The maximum Gasteiger partial charge on any atom is 0.295 e. The maximum absolute atomic E-state index is 13.4. The van der Waals surface area contributed by atoms with Crippen LogP contribution in [0.1, 0.15) is 35.2 Å². The summed E-state index contributed by atoms with van der Waals surface area (Å²) in [5.41, 5.74) is 2.89. The molecule has 0 aromatic heterocycles. The van der Waals surface area contributed by atoms with E-state index < -0.39 is 17.7 Å². The van der Waals surface area contributed by atoms with Crippen molar-refractivity contribution in [1.29, 1.82) is 0 Å². The summed E-state index contributed by atoms with van der Waals surface area (Å²) in [5.74, 6) is -0.873. The zero-order valence-electron chi connectivity index (χ0n) is 20.4. The molecule has 0 bridgehead atoms. The van der Waals surface area contributed by atoms with Gasteiger partial charge >= 0.3 is 0 Å². The van der Waals surface area contributed by atoms with Gasteiger partial charge in [-0.3, -0.25) is 9.59 Å². The summed E-state index contributed by atoms with van der Waals surface area (Å²) >= 11 is 3.34. The molecule has 8 heteroatoms. The van der Waals surface area contributed by atoms with Crippen LogP contribution >= 0.6 is 15.9 Å². The maximum atomic E-state index is 13.4. The number of benzene rings is 3. The molecule has 0 aliphatic carbocycles. The van der Waals surface area contributed by atoms with E-state index in [1.54, 1.807) is 30.3 Å². The van der Waals surface area contributed by atoms with Crippen molar-refractivity contribution in [2.75, 3.05) is 13.7 Å². The third-order valence-electron chi connectivity index (χ3n) is 6.78. The molecule has 5 rings (SSSR count). The fraction of sp³-hybridized carbons (Fsp3) is 0.241. The molecule has 190 valence electrons. The van der Waals surface area contributed by atoms with Crippen molar-refractivity contribution >= 4 is 33.4 Å². The molecule has 2 heterocycles. The van der Waals surface area contributed by atoms with Gasteiger partial charge in [0.05, 0.1) is 23.2 Å². The number of aromatic hydroxyl groups is 1. The molecule has 2 N–H and O–H groups in total. The van der Waals surface area contributed by atoms with Gasteiger partial charge in [-0.25, -0.2) is 0 Å². The molecule has 7 nitrogen and oxygen atoms in total. The van der Waals surface area contributed by atoms with Crippen LogP contribution < -0.4 is 9.47 Å². The van der Waals surface area contributed by atoms with E-state index in [-0.39, 0.29) is 35.5 Å². The normalized spacial score (nSPS) is 20.1. The smallest absolute Gasteiger partial charge is 0.295 e. The molecule has 0 saturated carbocycles. The van der Waals surface area contributed by atoms with Crippen molar-refractivity contribution in [2.24, 2.45) is 0 Å². The van der Waals surface area contributed by atoms with Crippen LogP contribution in [0.4, 0.5) is 0 Å². The van der Waals surface area contributed by atoms with Gasteiger partial charge in [-0.05, 0) is 76.3 Å². The average molecular weight is 564 g/mol. The van der Waals surface area contributed by atoms with Crippen LogP contribution in [-0.2, 0) is 22.4 Å². The van der Waals surface area contributed by atoms with Crippen molar-refractivity contribution in [3.63, 3.8) is 0 Å². The van der Waals surface area contributed by atoms with E-state index in [2.05, 4.69) is 15.9 Å². The monoisotopic (exact) mass is 563 g/mol. The van der Waals surface area contributed by atoms with Crippen LogP contribution in [0.25, 0.3) is 5.76 Å². The second-order valence-corrected chi connectivity index (χ2v) is 10.1. The summed E-state index contributed by atoms with van der Waals surface area (Å²) < 4.78 is 11.4. The van der Waals surface area contributed by atoms with E-state index in [1.165, 1.54) is 12.0 Å². The van der Waals surface area contributed by atoms with Crippen LogP contribution in [0.15, 0.2) is 70.7 Å². The minimum absolute atomic E-state index is 0.00961. The highest BCUT2D eigenvalue weighted by molar-refractivity contribution is 9.10. The Kier molecular flexibility index (Phi) is 6.69. The highest BCUT2D eigenvalue weighted by atomic mass is 79.9. The van der Waals surface area contributed by atoms with Crippen molar-refractivity contribution in [3.05, 3.63) is 93.0 Å². The Labute approximate surface area is 223 Å². The number of aliphatic hydroxyl groups excluding tert-OH is 1. The molecule has 3 aromatic carbocycles. The molecule has 1 saturated heterocycles. The largest absolute Gasteiger partial charge is 0.507 e. The zero-order valence-corrected chi connectivity index (χ0v) is 22.0. The summed E-state index contributed by atoms with van der Waals surface area (Å²) in [6.45, 7) is 2.22. The first kappa shape index (κ1) is 24.9. The number of amides is 1. The third kappa shape index (κ3) is 4.57. The molecule has 37 heavy (non-hydrogen) atoms. The molecule has 0 radical (unpaired) electrons. The quantitative estimate of drug-likeness (QED) is 0.244. The predicted molar refractivity (Wildman–Crippen MR) is 142 cm³/mol. The van der Waals surface area contributed by atoms with E-state index in [0.29, 0.717) is 28.4 Å². The van der Waals surface area contributed by atoms with E-state index in [1.807, 2.05) is 37.3 Å². The van der Waals surface area contributed by atoms with Crippen LogP contribution in [0.2, 0.25) is 0 Å². The zero-order chi connectivity index (χ0) is 26.3. The fourth-order valence-corrected chi connectivity index (χ4v) is 5.44. The number of aliphatic hydroxyl groups is 1. The van der Waals surface area contributed by atoms with Crippen LogP contribution in [-0.4, -0.2) is 46.6 Å². The fourth-order valence-electron chi connectivity index (χ4n) is 4.98. The van der Waals surface area contributed by atoms with Gasteiger partial charge in [-0.15, -0.1) is 0 Å². The van der Waals surface area contributed by atoms with Crippen LogP contribution in [0.5, 0.6) is 17.2 Å². The first-order valence-corrected chi connectivity index (χ1v) is 12.8. The van der Waals surface area contributed by atoms with Crippen LogP contribution in [0, 0.1) is 0 Å². The number of likely N-dealkylation sites (tertiary alicyclic amines) is 1. The number of hydrogen-bond donors (Lipinski definition) is 2. The van der Waals surface area contributed by atoms with E-state index in [0.717, 1.165) is 16.9 Å². The number of nitrogens with zero attached hydrogens (tertiary/aromatic N) is 1. The number of carbonyl (C=O) groups excluding carboxylic acids is 2. The lowest BCUT2D eigenvalue weighted by Crippen LogP contribution is -2.31. The Morgan fingerprint density at radius 1 is 1.14 bits per heavy atom. The lowest BCUT2D eigenvalue weighted by atomic mass is 9.94. The highest BCUT2D eigenvalue weighted by Crippen LogP contribution is 2.44. The number of hydrogen-bond acceptors (Lipinski definition) is 6. The van der Waals surface area contributed by atoms with Crippen molar-refractivity contribution < 1.29 is 29.3 Å². The summed E-state index contributed by atoms with van der Waals surface area (Å²) in [7, 11) is 1.42. The number of phenols is 1. The highest BCUT2D eigenvalue weighted by Gasteiger charge is 2.46. The van der Waals surface area contributed by atoms with Crippen molar-refractivity contribution in [3.8, 4) is 17.2 Å². The molecule has 1 fully saturated rings. The summed E-state index contributed by atoms with van der Waals surface area (Å²) in [6.07, 6.45) is 1.24. The molecule has 2 atom stereocenters. The van der Waals surface area contributed by atoms with E-state index in [9.17, 15) is 19.8 Å². The Hall–Kier alpha value is -3.78. The Morgan fingerprint density at radius 3 is 2.62 bits per heavy atom. The number of fused-ring (bicyclic) bond motifs is 1. The Balaban J connectivity index is 1.62. The number of halogens is 1. The van der Waals surface area contributed by atoms with Gasteiger partial charge in [0.1, 0.15) is 17.6 Å². The second-order valence-electron chi connectivity index (χ2n) is 9.24. The van der Waals surface area contributed by atoms with Gasteiger partial charge in [0.2, 0.25) is 0 Å². The first-order chi connectivity index (χ1) is 17.8. The molecular formula is C29H26BrNO6. The van der Waals surface area contributed by atoms with Gasteiger partial charge in [0.15, 0.2) is 11.5 Å². The van der Waals surface area contributed by atoms with Gasteiger partial charge in [0.25, 0.3) is 11.7 Å². The number of rotatable bonds is 6. The Morgan fingerprint density at radius 2 is 1.89 bits per heavy atom. The average Bonchev–Trinajstić information content (AvgIpc) is 3.39. The van der Waals surface area contributed by atoms with E-state index >= 15 is 0 Å². The van der Waals surface area contributed by atoms with Gasteiger partial charge in [-0.1, -0.05) is 30.3 Å². The van der Waals surface area contributed by atoms with Gasteiger partial charge < -0.3 is 24.6 Å². The molecule has 3 aromatic rings. The summed E-state index contributed by atoms with van der Waals surface area (Å²) in [5, 5.41) is 21.8. The Bertz CT molecular complexity index is 1420. The van der Waals surface area contributed by atoms with Gasteiger partial charge in [-0.2, -0.15) is 0 Å².